The summed E-state index contributed by atoms with van der Waals surface area (Å²) in [5.41, 5.74) is 5.04. The van der Waals surface area contributed by atoms with Crippen LogP contribution in [0.3, 0.4) is 0 Å². The number of fused-ring (bicyclic) bond motifs is 1. The molecule has 2 rings (SSSR count). The number of hydrogen-bond donors (Lipinski definition) is 4. The number of aliphatic hydroxyl groups is 2. The van der Waals surface area contributed by atoms with E-state index in [1.807, 2.05) is 38.2 Å². The van der Waals surface area contributed by atoms with E-state index in [2.05, 4.69) is 55.2 Å². The fourth-order valence-corrected chi connectivity index (χ4v) is 1.93. The molecule has 0 aromatic carbocycles. The van der Waals surface area contributed by atoms with E-state index in [9.17, 15) is 10.2 Å². The second-order valence-corrected chi connectivity index (χ2v) is 6.97. The molecule has 0 saturated carbocycles. The van der Waals surface area contributed by atoms with E-state index in [1.165, 1.54) is 6.42 Å². The third-order valence-corrected chi connectivity index (χ3v) is 3.92. The standard InChI is InChI=1S/C9H13NO2.C6H14.C2H7N.CH2.V/c1-9-5-3-2-4-6(9)7(11)10-8(9)12;1-5-6(2,3)4;1-2-3;;/h2-8,10-12H,1H3;5H2,1-4H3;2-3H2,1H3;1H2;. The first kappa shape index (κ1) is 25.0. The normalized spacial score (nSPS) is 30.7. The molecular formula is C18H36N2O2V. The molecular weight excluding hydrogens is 327 g/mol. The zero-order valence-electron chi connectivity index (χ0n) is 15.6. The van der Waals surface area contributed by atoms with Crippen LogP contribution in [0.5, 0.6) is 0 Å². The van der Waals surface area contributed by atoms with Gasteiger partial charge in [0.05, 0.1) is 0 Å². The van der Waals surface area contributed by atoms with Crippen molar-refractivity contribution in [1.82, 2.24) is 5.32 Å². The quantitative estimate of drug-likeness (QED) is 0.533. The fourth-order valence-electron chi connectivity index (χ4n) is 1.93. The molecule has 0 bridgehead atoms. The summed E-state index contributed by atoms with van der Waals surface area (Å²) in [6, 6.07) is 0. The van der Waals surface area contributed by atoms with Crippen LogP contribution in [0.1, 0.15) is 48.0 Å². The van der Waals surface area contributed by atoms with Crippen molar-refractivity contribution in [2.75, 3.05) is 6.54 Å². The van der Waals surface area contributed by atoms with Crippen LogP contribution in [-0.4, -0.2) is 34.4 Å². The predicted molar refractivity (Wildman–Crippen MR) is 96.6 cm³/mol. The first-order chi connectivity index (χ1) is 10.6. The number of nitrogens with one attached hydrogen (secondary N) is 1. The van der Waals surface area contributed by atoms with Gasteiger partial charge in [-0.3, -0.25) is 5.32 Å². The molecule has 23 heavy (non-hydrogen) atoms. The van der Waals surface area contributed by atoms with Gasteiger partial charge in [0, 0.05) is 11.3 Å². The molecule has 0 radical (unpaired) electrons. The molecule has 4 unspecified atom stereocenters. The van der Waals surface area contributed by atoms with Crippen molar-refractivity contribution in [3.63, 3.8) is 0 Å². The van der Waals surface area contributed by atoms with Crippen LogP contribution in [0.2, 0.25) is 0 Å². The molecule has 135 valence electrons. The monoisotopic (exact) mass is 363 g/mol. The summed E-state index contributed by atoms with van der Waals surface area (Å²) in [5, 5.41) is 25.0. The Kier molecular flexibility index (Phi) is 13.3. The summed E-state index contributed by atoms with van der Waals surface area (Å²) in [6.07, 6.45) is 7.64. The Morgan fingerprint density at radius 1 is 1.22 bits per heavy atom. The number of aliphatic hydroxyl groups excluding tert-OH is 2. The van der Waals surface area contributed by atoms with Crippen molar-refractivity contribution in [2.45, 2.75) is 60.4 Å². The van der Waals surface area contributed by atoms with E-state index in [-0.39, 0.29) is 11.3 Å². The van der Waals surface area contributed by atoms with E-state index in [4.69, 9.17) is 5.73 Å². The van der Waals surface area contributed by atoms with Crippen LogP contribution < -0.4 is 11.1 Å². The molecule has 1 aliphatic heterocycles. The molecule has 5 heteroatoms. The minimum absolute atomic E-state index is 0.0162. The van der Waals surface area contributed by atoms with Crippen molar-refractivity contribution in [2.24, 2.45) is 22.5 Å². The molecule has 0 aromatic rings. The van der Waals surface area contributed by atoms with Gasteiger partial charge in [-0.05, 0) is 12.0 Å². The zero-order valence-corrected chi connectivity index (χ0v) is 17.0. The number of nitrogens with two attached hydrogens (primary N) is 1. The first-order valence-electron chi connectivity index (χ1n) is 8.12. The number of hydrogen-bond acceptors (Lipinski definition) is 4. The Balaban J connectivity index is 0. The topological polar surface area (TPSA) is 78.5 Å². The number of allylic oxidation sites excluding steroid dienone is 2. The van der Waals surface area contributed by atoms with E-state index >= 15 is 0 Å². The third-order valence-electron chi connectivity index (χ3n) is 3.92. The Morgan fingerprint density at radius 2 is 1.65 bits per heavy atom. The Morgan fingerprint density at radius 3 is 2.00 bits per heavy atom. The van der Waals surface area contributed by atoms with E-state index < -0.39 is 12.5 Å². The number of rotatable bonds is 0. The van der Waals surface area contributed by atoms with Gasteiger partial charge < -0.3 is 15.9 Å². The van der Waals surface area contributed by atoms with E-state index in [0.717, 1.165) is 6.54 Å². The Labute approximate surface area is 151 Å². The summed E-state index contributed by atoms with van der Waals surface area (Å²) < 4.78 is 0. The summed E-state index contributed by atoms with van der Waals surface area (Å²) >= 11 is 2.06. The van der Waals surface area contributed by atoms with Crippen molar-refractivity contribution in [3.8, 4) is 0 Å². The van der Waals surface area contributed by atoms with Gasteiger partial charge in [-0.2, -0.15) is 0 Å². The first-order valence-corrected chi connectivity index (χ1v) is 9.11. The minimum atomic E-state index is -0.654. The van der Waals surface area contributed by atoms with Gasteiger partial charge in [-0.15, -0.1) is 0 Å². The van der Waals surface area contributed by atoms with Gasteiger partial charge in [0.1, 0.15) is 12.5 Å². The molecule has 1 fully saturated rings. The third kappa shape index (κ3) is 8.99. The molecule has 4 nitrogen and oxygen atoms in total. The van der Waals surface area contributed by atoms with Crippen LogP contribution in [0, 0.1) is 16.7 Å². The van der Waals surface area contributed by atoms with Gasteiger partial charge in [0.25, 0.3) is 0 Å². The molecule has 1 saturated heterocycles. The molecule has 5 N–H and O–H groups in total. The van der Waals surface area contributed by atoms with Crippen LogP contribution >= 0.6 is 0 Å². The van der Waals surface area contributed by atoms with E-state index in [1.54, 1.807) is 0 Å². The molecule has 2 aliphatic rings. The second kappa shape index (κ2) is 12.2. The van der Waals surface area contributed by atoms with Gasteiger partial charge in [0.15, 0.2) is 0 Å². The Hall–Kier alpha value is -0.226. The zero-order chi connectivity index (χ0) is 18.7. The second-order valence-electron chi connectivity index (χ2n) is 6.97. The van der Waals surface area contributed by atoms with Gasteiger partial charge in [-0.25, -0.2) is 0 Å². The average Bonchev–Trinajstić information content (AvgIpc) is 2.72. The van der Waals surface area contributed by atoms with Crippen molar-refractivity contribution >= 4 is 5.23 Å². The van der Waals surface area contributed by atoms with Crippen LogP contribution in [0.15, 0.2) is 24.3 Å². The van der Waals surface area contributed by atoms with Gasteiger partial charge in [-0.1, -0.05) is 72.3 Å². The van der Waals surface area contributed by atoms with Gasteiger partial charge >= 0.3 is 22.2 Å². The molecule has 4 atom stereocenters. The molecule has 0 amide bonds. The predicted octanol–water partition coefficient (Wildman–Crippen LogP) is 2.35. The van der Waals surface area contributed by atoms with Crippen molar-refractivity contribution < 1.29 is 27.2 Å². The van der Waals surface area contributed by atoms with Crippen molar-refractivity contribution in [1.29, 1.82) is 0 Å². The summed E-state index contributed by atoms with van der Waals surface area (Å²) in [7, 11) is 0. The van der Waals surface area contributed by atoms with Gasteiger partial charge in [0.2, 0.25) is 0 Å². The SMILES string of the molecule is CC12C=CC=CC1C(O)NC2O.CCC(C)(C)C.CCN.[CH2]=[V]. The fraction of sp³-hybridized carbons (Fsp3) is 0.722. The summed E-state index contributed by atoms with van der Waals surface area (Å²) in [4.78, 5) is 0. The van der Waals surface area contributed by atoms with Crippen LogP contribution in [0.25, 0.3) is 0 Å². The maximum absolute atomic E-state index is 9.60. The van der Waals surface area contributed by atoms with Crippen LogP contribution in [0.4, 0.5) is 0 Å². The Bertz CT molecular complexity index is 367. The maximum atomic E-state index is 9.60. The summed E-state index contributed by atoms with van der Waals surface area (Å²) in [5.74, 6) is -0.0162. The molecule has 1 heterocycles. The molecule has 0 spiro atoms. The van der Waals surface area contributed by atoms with Crippen molar-refractivity contribution in [3.05, 3.63) is 24.3 Å². The van der Waals surface area contributed by atoms with E-state index in [0.29, 0.717) is 5.41 Å². The van der Waals surface area contributed by atoms with Crippen LogP contribution in [-0.2, 0) is 17.0 Å². The molecule has 0 aromatic heterocycles. The molecule has 1 aliphatic carbocycles. The average molecular weight is 363 g/mol. The summed E-state index contributed by atoms with van der Waals surface area (Å²) in [6.45, 7) is 13.5.